The maximum absolute atomic E-state index is 12.9. The molecule has 0 aromatic rings. The highest BCUT2D eigenvalue weighted by atomic mass is 31.2. The molecule has 0 rings (SSSR count). The lowest BCUT2D eigenvalue weighted by Gasteiger charge is -2.28. The Bertz CT molecular complexity index is 1890. The van der Waals surface area contributed by atoms with Crippen molar-refractivity contribution in [3.05, 3.63) is 109 Å². The van der Waals surface area contributed by atoms with E-state index in [0.29, 0.717) is 17.4 Å². The number of ether oxygens (including phenoxy) is 2. The molecule has 0 aliphatic carbocycles. The normalized spacial score (nSPS) is 13.7. The molecule has 0 aromatic heterocycles. The first-order valence-corrected chi connectivity index (χ1v) is 39.1. The van der Waals surface area contributed by atoms with Crippen molar-refractivity contribution in [2.45, 2.75) is 341 Å². The lowest BCUT2D eigenvalue weighted by atomic mass is 10.0. The highest BCUT2D eigenvalue weighted by Crippen LogP contribution is 2.38. The smallest absolute Gasteiger partial charge is 0.306 e. The average molecular weight is 1280 g/mol. The van der Waals surface area contributed by atoms with Crippen LogP contribution in [0.15, 0.2) is 109 Å². The minimum Gasteiger partial charge on any atom is -0.756 e. The minimum atomic E-state index is -4.66. The van der Waals surface area contributed by atoms with Gasteiger partial charge in [0.25, 0.3) is 7.82 Å². The Morgan fingerprint density at radius 1 is 0.356 bits per heavy atom. The topological polar surface area (TPSA) is 111 Å². The van der Waals surface area contributed by atoms with Crippen molar-refractivity contribution in [3.8, 4) is 0 Å². The third-order valence-electron chi connectivity index (χ3n) is 16.3. The fourth-order valence-corrected chi connectivity index (χ4v) is 11.3. The maximum atomic E-state index is 12.9. The van der Waals surface area contributed by atoms with E-state index in [4.69, 9.17) is 18.5 Å². The Labute approximate surface area is 556 Å². The molecule has 0 heterocycles. The molecule has 2 atom stereocenters. The molecule has 2 unspecified atom stereocenters. The molecule has 0 aliphatic rings. The Morgan fingerprint density at radius 3 is 0.944 bits per heavy atom. The van der Waals surface area contributed by atoms with Gasteiger partial charge in [-0.3, -0.25) is 14.2 Å². The molecule has 0 saturated carbocycles. The molecule has 0 spiro atoms. The van der Waals surface area contributed by atoms with Crippen LogP contribution in [0.2, 0.25) is 0 Å². The van der Waals surface area contributed by atoms with Crippen molar-refractivity contribution < 1.29 is 42.1 Å². The highest BCUT2D eigenvalue weighted by Gasteiger charge is 2.22. The zero-order valence-electron chi connectivity index (χ0n) is 59.3. The molecule has 0 amide bonds. The summed E-state index contributed by atoms with van der Waals surface area (Å²) in [6.07, 6.45) is 99.2. The standard InChI is InChI=1S/C80H142NO8P/c1-6-8-10-12-14-16-18-20-22-24-26-28-30-32-34-36-38-39-40-41-43-44-46-48-50-52-54-56-58-60-62-64-66-68-70-72-79(82)86-76-78(77-88-90(84,85)87-75-74-81(3,4)5)89-80(83)73-71-69-67-65-63-61-59-57-55-53-51-49-47-45-42-37-35-33-31-29-27-25-23-21-19-17-15-13-11-9-7-2/h9,11,15,17,21,23,27,29,33,35,42,45,49,51,55,57,61,63,78H,6-8,10,12-14,16,18-20,22,24-26,28,30-32,34,36-41,43-44,46-48,50,52-54,56,58-60,62,64-77H2,1-5H3/b11-9-,17-15-,23-21-,29-27-,35-33-,45-42-,51-49-,57-55-,63-61-. The Balaban J connectivity index is 4.06. The van der Waals surface area contributed by atoms with E-state index in [9.17, 15) is 19.0 Å². The minimum absolute atomic E-state index is 0.0419. The van der Waals surface area contributed by atoms with E-state index >= 15 is 0 Å². The van der Waals surface area contributed by atoms with Crippen molar-refractivity contribution >= 4 is 19.8 Å². The van der Waals surface area contributed by atoms with Crippen LogP contribution in [0.25, 0.3) is 0 Å². The number of hydrogen-bond acceptors (Lipinski definition) is 8. The van der Waals surface area contributed by atoms with Gasteiger partial charge >= 0.3 is 11.9 Å². The van der Waals surface area contributed by atoms with Gasteiger partial charge in [-0.15, -0.1) is 0 Å². The summed E-state index contributed by atoms with van der Waals surface area (Å²) in [6, 6.07) is 0. The number of rotatable bonds is 69. The van der Waals surface area contributed by atoms with Crippen molar-refractivity contribution in [1.82, 2.24) is 0 Å². The van der Waals surface area contributed by atoms with Crippen LogP contribution in [0.1, 0.15) is 335 Å². The first kappa shape index (κ1) is 86.7. The van der Waals surface area contributed by atoms with Crippen LogP contribution in [0, 0.1) is 0 Å². The third-order valence-corrected chi connectivity index (χ3v) is 17.3. The van der Waals surface area contributed by atoms with Crippen LogP contribution < -0.4 is 4.89 Å². The van der Waals surface area contributed by atoms with Crippen LogP contribution in [-0.2, 0) is 32.7 Å². The predicted octanol–water partition coefficient (Wildman–Crippen LogP) is 24.2. The molecule has 10 heteroatoms. The second kappa shape index (κ2) is 70.0. The van der Waals surface area contributed by atoms with Crippen molar-refractivity contribution in [2.75, 3.05) is 47.5 Å². The molecule has 0 N–H and O–H groups in total. The molecule has 90 heavy (non-hydrogen) atoms. The van der Waals surface area contributed by atoms with Crippen LogP contribution in [0.5, 0.6) is 0 Å². The summed E-state index contributed by atoms with van der Waals surface area (Å²) in [5, 5.41) is 0. The van der Waals surface area contributed by atoms with Crippen LogP contribution in [-0.4, -0.2) is 70.0 Å². The van der Waals surface area contributed by atoms with Gasteiger partial charge in [0.2, 0.25) is 0 Å². The van der Waals surface area contributed by atoms with Gasteiger partial charge in [0.05, 0.1) is 27.7 Å². The number of likely N-dealkylation sites (N-methyl/N-ethyl adjacent to an activating group) is 1. The molecule has 0 radical (unpaired) electrons. The van der Waals surface area contributed by atoms with E-state index in [2.05, 4.69) is 123 Å². The van der Waals surface area contributed by atoms with Crippen molar-refractivity contribution in [3.63, 3.8) is 0 Å². The number of quaternary nitrogens is 1. The summed E-state index contributed by atoms with van der Waals surface area (Å²) in [7, 11) is 1.14. The van der Waals surface area contributed by atoms with Gasteiger partial charge in [-0.1, -0.05) is 348 Å². The summed E-state index contributed by atoms with van der Waals surface area (Å²) in [4.78, 5) is 38.1. The Hall–Kier alpha value is -3.33. The molecule has 0 fully saturated rings. The monoisotopic (exact) mass is 1280 g/mol. The molecular weight excluding hydrogens is 1130 g/mol. The van der Waals surface area contributed by atoms with E-state index in [-0.39, 0.29) is 32.0 Å². The van der Waals surface area contributed by atoms with Crippen LogP contribution in [0.3, 0.4) is 0 Å². The zero-order chi connectivity index (χ0) is 65.5. The number of unbranched alkanes of at least 4 members (excludes halogenated alkanes) is 37. The van der Waals surface area contributed by atoms with Crippen molar-refractivity contribution in [2.24, 2.45) is 0 Å². The number of phosphoric ester groups is 1. The predicted molar refractivity (Wildman–Crippen MR) is 388 cm³/mol. The quantitative estimate of drug-likeness (QED) is 0.0195. The molecule has 0 saturated heterocycles. The molecule has 0 aliphatic heterocycles. The van der Waals surface area contributed by atoms with Gasteiger partial charge in [-0.05, 0) is 83.5 Å². The van der Waals surface area contributed by atoms with Gasteiger partial charge in [0.15, 0.2) is 6.10 Å². The third kappa shape index (κ3) is 73.7. The van der Waals surface area contributed by atoms with Gasteiger partial charge in [-0.25, -0.2) is 0 Å². The van der Waals surface area contributed by atoms with Gasteiger partial charge in [0, 0.05) is 12.8 Å². The number of nitrogens with zero attached hydrogens (tertiary/aromatic N) is 1. The van der Waals surface area contributed by atoms with Gasteiger partial charge < -0.3 is 27.9 Å². The summed E-state index contributed by atoms with van der Waals surface area (Å²) in [5.41, 5.74) is 0. The van der Waals surface area contributed by atoms with E-state index in [0.717, 1.165) is 96.3 Å². The number of hydrogen-bond donors (Lipinski definition) is 0. The van der Waals surface area contributed by atoms with Crippen LogP contribution >= 0.6 is 7.82 Å². The number of allylic oxidation sites excluding steroid dienone is 18. The second-order valence-electron chi connectivity index (χ2n) is 26.3. The fourth-order valence-electron chi connectivity index (χ4n) is 10.6. The summed E-state index contributed by atoms with van der Waals surface area (Å²) < 4.78 is 34.3. The Kier molecular flexibility index (Phi) is 67.4. The van der Waals surface area contributed by atoms with E-state index in [1.54, 1.807) is 0 Å². The molecule has 0 aromatic carbocycles. The van der Waals surface area contributed by atoms with Gasteiger partial charge in [0.1, 0.15) is 19.8 Å². The Morgan fingerprint density at radius 2 is 0.633 bits per heavy atom. The summed E-state index contributed by atoms with van der Waals surface area (Å²) >= 11 is 0. The molecule has 520 valence electrons. The van der Waals surface area contributed by atoms with Gasteiger partial charge in [-0.2, -0.15) is 0 Å². The van der Waals surface area contributed by atoms with E-state index < -0.39 is 26.5 Å². The van der Waals surface area contributed by atoms with Crippen molar-refractivity contribution in [1.29, 1.82) is 0 Å². The summed E-state index contributed by atoms with van der Waals surface area (Å²) in [5.74, 6) is -0.866. The molecular formula is C80H142NO8P. The first-order valence-electron chi connectivity index (χ1n) is 37.6. The maximum Gasteiger partial charge on any atom is 0.306 e. The average Bonchev–Trinajstić information content (AvgIpc) is 3.58. The SMILES string of the molecule is CC/C=C\C/C=C\C/C=C\C/C=C\C/C=C\C/C=C\C/C=C\C/C=C\C/C=C\CCCCCC(=O)OC(COC(=O)CCCCCCCCCCCCCCCCCCCCCCCCCCCCCCCCCCCCC)COP(=O)([O-])OCC[N+](C)(C)C. The number of phosphoric acid groups is 1. The molecule has 0 bridgehead atoms. The van der Waals surface area contributed by atoms with E-state index in [1.807, 2.05) is 21.1 Å². The lowest BCUT2D eigenvalue weighted by Crippen LogP contribution is -2.37. The lowest BCUT2D eigenvalue weighted by molar-refractivity contribution is -0.870. The first-order chi connectivity index (χ1) is 44.0. The molecule has 9 nitrogen and oxygen atoms in total. The zero-order valence-corrected chi connectivity index (χ0v) is 60.2. The largest absolute Gasteiger partial charge is 0.756 e. The van der Waals surface area contributed by atoms with E-state index in [1.165, 1.54) is 205 Å². The number of carbonyl (C=O) groups excluding carboxylic acids is 2. The number of carbonyl (C=O) groups is 2. The number of esters is 2. The second-order valence-corrected chi connectivity index (χ2v) is 27.7. The highest BCUT2D eigenvalue weighted by molar-refractivity contribution is 7.45. The van der Waals surface area contributed by atoms with Crippen LogP contribution in [0.4, 0.5) is 0 Å². The fraction of sp³-hybridized carbons (Fsp3) is 0.750. The summed E-state index contributed by atoms with van der Waals surface area (Å²) in [6.45, 7) is 4.12.